The van der Waals surface area contributed by atoms with Gasteiger partial charge in [-0.1, -0.05) is 29.8 Å². The molecule has 0 aliphatic rings. The van der Waals surface area contributed by atoms with E-state index in [1.807, 2.05) is 30.3 Å². The average Bonchev–Trinajstić information content (AvgIpc) is 3.15. The summed E-state index contributed by atoms with van der Waals surface area (Å²) in [5.41, 5.74) is 3.21. The van der Waals surface area contributed by atoms with E-state index in [9.17, 15) is 19.1 Å². The molecule has 0 aliphatic carbocycles. The van der Waals surface area contributed by atoms with Crippen molar-refractivity contribution in [3.63, 3.8) is 0 Å². The number of rotatable bonds is 5. The zero-order valence-electron chi connectivity index (χ0n) is 17.5. The Kier molecular flexibility index (Phi) is 5.43. The number of aromatic nitrogens is 4. The summed E-state index contributed by atoms with van der Waals surface area (Å²) >= 11 is 6.06. The summed E-state index contributed by atoms with van der Waals surface area (Å²) in [7, 11) is 0. The Morgan fingerprint density at radius 1 is 1.00 bits per heavy atom. The first-order valence-electron chi connectivity index (χ1n) is 10.2. The zero-order valence-corrected chi connectivity index (χ0v) is 18.3. The molecule has 0 fully saturated rings. The van der Waals surface area contributed by atoms with Gasteiger partial charge < -0.3 is 5.11 Å². The van der Waals surface area contributed by atoms with Gasteiger partial charge in [-0.25, -0.2) is 23.1 Å². The lowest BCUT2D eigenvalue weighted by molar-refractivity contribution is 0.0695. The van der Waals surface area contributed by atoms with Crippen LogP contribution in [0.4, 0.5) is 4.39 Å². The van der Waals surface area contributed by atoms with Crippen LogP contribution in [0.15, 0.2) is 84.0 Å². The highest BCUT2D eigenvalue weighted by molar-refractivity contribution is 6.30. The summed E-state index contributed by atoms with van der Waals surface area (Å²) in [5, 5.41) is 14.6. The average molecular weight is 475 g/mol. The number of hydrogen-bond acceptors (Lipinski definition) is 4. The maximum atomic E-state index is 13.6. The van der Waals surface area contributed by atoms with E-state index in [0.29, 0.717) is 16.2 Å². The predicted octanol–water partition coefficient (Wildman–Crippen LogP) is 4.76. The number of hydrogen-bond donors (Lipinski definition) is 1. The van der Waals surface area contributed by atoms with Gasteiger partial charge in [0.05, 0.1) is 12.1 Å². The van der Waals surface area contributed by atoms with Crippen LogP contribution in [-0.4, -0.2) is 30.2 Å². The third kappa shape index (κ3) is 3.84. The molecule has 9 heteroatoms. The van der Waals surface area contributed by atoms with E-state index in [4.69, 9.17) is 11.6 Å². The first-order chi connectivity index (χ1) is 16.4. The molecule has 1 N–H and O–H groups in total. The van der Waals surface area contributed by atoms with Gasteiger partial charge in [0.2, 0.25) is 0 Å². The lowest BCUT2D eigenvalue weighted by atomic mass is 9.96. The van der Waals surface area contributed by atoms with Crippen LogP contribution in [0.5, 0.6) is 0 Å². The lowest BCUT2D eigenvalue weighted by Crippen LogP contribution is -2.22. The summed E-state index contributed by atoms with van der Waals surface area (Å²) in [6, 6.07) is 16.2. The van der Waals surface area contributed by atoms with Gasteiger partial charge in [0.15, 0.2) is 5.65 Å². The standard InChI is InChI=1S/C25H16ClFN4O3/c26-18-4-1-15(2-5-18)20-9-12-30-23(22(20)16-7-10-28-11-8-16)29-31(25(30)34)14-17-3-6-19(27)13-21(17)24(32)33/h1-13H,14H2,(H,32,33). The van der Waals surface area contributed by atoms with E-state index < -0.39 is 17.5 Å². The summed E-state index contributed by atoms with van der Waals surface area (Å²) < 4.78 is 16.2. The monoisotopic (exact) mass is 474 g/mol. The number of benzene rings is 2. The third-order valence-electron chi connectivity index (χ3n) is 5.50. The lowest BCUT2D eigenvalue weighted by Gasteiger charge is -2.11. The molecule has 0 amide bonds. The molecule has 3 aromatic heterocycles. The molecular formula is C25H16ClFN4O3. The van der Waals surface area contributed by atoms with E-state index in [1.165, 1.54) is 15.1 Å². The molecule has 2 aromatic carbocycles. The van der Waals surface area contributed by atoms with Crippen LogP contribution in [0, 0.1) is 5.82 Å². The Morgan fingerprint density at radius 3 is 2.44 bits per heavy atom. The van der Waals surface area contributed by atoms with Crippen molar-refractivity contribution >= 4 is 23.2 Å². The first kappa shape index (κ1) is 21.5. The fourth-order valence-corrected chi connectivity index (χ4v) is 4.03. The van der Waals surface area contributed by atoms with Gasteiger partial charge in [0.25, 0.3) is 0 Å². The molecule has 0 spiro atoms. The molecule has 34 heavy (non-hydrogen) atoms. The number of nitrogens with zero attached hydrogens (tertiary/aromatic N) is 4. The SMILES string of the molecule is O=C(O)c1cc(F)ccc1Cn1nc2c(-c3ccncc3)c(-c3ccc(Cl)cc3)ccn2c1=O. The summed E-state index contributed by atoms with van der Waals surface area (Å²) in [5.74, 6) is -1.95. The van der Waals surface area contributed by atoms with Crippen molar-refractivity contribution in [2.24, 2.45) is 0 Å². The fourth-order valence-electron chi connectivity index (χ4n) is 3.90. The molecule has 0 unspecified atom stereocenters. The van der Waals surface area contributed by atoms with Crippen LogP contribution in [0.1, 0.15) is 15.9 Å². The van der Waals surface area contributed by atoms with E-state index >= 15 is 0 Å². The highest BCUT2D eigenvalue weighted by Crippen LogP contribution is 2.34. The Bertz CT molecular complexity index is 1600. The van der Waals surface area contributed by atoms with E-state index in [2.05, 4.69) is 10.1 Å². The maximum Gasteiger partial charge on any atom is 0.350 e. The molecule has 7 nitrogen and oxygen atoms in total. The van der Waals surface area contributed by atoms with E-state index in [-0.39, 0.29) is 17.7 Å². The molecular weight excluding hydrogens is 459 g/mol. The van der Waals surface area contributed by atoms with E-state index in [1.54, 1.807) is 30.7 Å². The predicted molar refractivity (Wildman–Crippen MR) is 126 cm³/mol. The highest BCUT2D eigenvalue weighted by Gasteiger charge is 2.19. The van der Waals surface area contributed by atoms with Gasteiger partial charge in [0, 0.05) is 29.2 Å². The highest BCUT2D eigenvalue weighted by atomic mass is 35.5. The van der Waals surface area contributed by atoms with Gasteiger partial charge in [0.1, 0.15) is 5.82 Å². The van der Waals surface area contributed by atoms with Gasteiger partial charge in [-0.3, -0.25) is 4.98 Å². The van der Waals surface area contributed by atoms with Crippen LogP contribution in [0.25, 0.3) is 27.9 Å². The Balaban J connectivity index is 1.73. The zero-order chi connectivity index (χ0) is 23.8. The van der Waals surface area contributed by atoms with Crippen molar-refractivity contribution in [3.05, 3.63) is 112 Å². The summed E-state index contributed by atoms with van der Waals surface area (Å²) in [6.07, 6.45) is 4.92. The number of carboxylic acid groups (broad SMARTS) is 1. The second-order valence-corrected chi connectivity index (χ2v) is 8.02. The van der Waals surface area contributed by atoms with Crippen LogP contribution in [0.3, 0.4) is 0 Å². The second kappa shape index (κ2) is 8.57. The van der Waals surface area contributed by atoms with Crippen molar-refractivity contribution in [2.45, 2.75) is 6.54 Å². The number of aromatic carboxylic acids is 1. The Morgan fingerprint density at radius 2 is 1.74 bits per heavy atom. The van der Waals surface area contributed by atoms with Crippen LogP contribution >= 0.6 is 11.6 Å². The molecule has 0 radical (unpaired) electrons. The van der Waals surface area contributed by atoms with Crippen molar-refractivity contribution in [1.82, 2.24) is 19.2 Å². The maximum absolute atomic E-state index is 13.6. The summed E-state index contributed by atoms with van der Waals surface area (Å²) in [6.45, 7) is -0.130. The van der Waals surface area contributed by atoms with Gasteiger partial charge in [-0.15, -0.1) is 5.10 Å². The van der Waals surface area contributed by atoms with Crippen molar-refractivity contribution in [1.29, 1.82) is 0 Å². The number of carboxylic acids is 1. The molecule has 0 atom stereocenters. The molecule has 5 rings (SSSR count). The summed E-state index contributed by atoms with van der Waals surface area (Å²) in [4.78, 5) is 28.8. The minimum atomic E-state index is -1.28. The normalized spacial score (nSPS) is 11.1. The van der Waals surface area contributed by atoms with Gasteiger partial charge in [-0.2, -0.15) is 0 Å². The largest absolute Gasteiger partial charge is 0.478 e. The smallest absolute Gasteiger partial charge is 0.350 e. The van der Waals surface area contributed by atoms with Crippen molar-refractivity contribution < 1.29 is 14.3 Å². The van der Waals surface area contributed by atoms with Gasteiger partial charge >= 0.3 is 11.7 Å². The number of fused-ring (bicyclic) bond motifs is 1. The Hall–Kier alpha value is -4.30. The van der Waals surface area contributed by atoms with E-state index in [0.717, 1.165) is 28.8 Å². The number of pyridine rings is 2. The molecule has 0 aliphatic heterocycles. The molecule has 3 heterocycles. The first-order valence-corrected chi connectivity index (χ1v) is 10.6. The van der Waals surface area contributed by atoms with Crippen LogP contribution in [-0.2, 0) is 6.54 Å². The van der Waals surface area contributed by atoms with Crippen LogP contribution in [0.2, 0.25) is 5.02 Å². The van der Waals surface area contributed by atoms with Crippen LogP contribution < -0.4 is 5.69 Å². The fraction of sp³-hybridized carbons (Fsp3) is 0.0400. The number of halogens is 2. The Labute approximate surface area is 197 Å². The topological polar surface area (TPSA) is 89.5 Å². The minimum Gasteiger partial charge on any atom is -0.478 e. The third-order valence-corrected chi connectivity index (χ3v) is 5.75. The van der Waals surface area contributed by atoms with Crippen molar-refractivity contribution in [3.8, 4) is 22.3 Å². The molecule has 168 valence electrons. The number of carbonyl (C=O) groups is 1. The molecule has 0 saturated carbocycles. The molecule has 0 bridgehead atoms. The minimum absolute atomic E-state index is 0.130. The quantitative estimate of drug-likeness (QED) is 0.396. The molecule has 5 aromatic rings. The van der Waals surface area contributed by atoms with Crippen molar-refractivity contribution in [2.75, 3.05) is 0 Å². The molecule has 0 saturated heterocycles. The second-order valence-electron chi connectivity index (χ2n) is 7.59. The van der Waals surface area contributed by atoms with Gasteiger partial charge in [-0.05, 0) is 64.7 Å².